The molecule has 1 aromatic carbocycles. The van der Waals surface area contributed by atoms with E-state index in [9.17, 15) is 0 Å². The van der Waals surface area contributed by atoms with Crippen LogP contribution in [0.4, 0.5) is 0 Å². The van der Waals surface area contributed by atoms with Crippen molar-refractivity contribution >= 4 is 0 Å². The van der Waals surface area contributed by atoms with Crippen molar-refractivity contribution in [1.82, 2.24) is 10.3 Å². The highest BCUT2D eigenvalue weighted by atomic mass is 16.5. The molecule has 2 rings (SSSR count). The van der Waals surface area contributed by atoms with Gasteiger partial charge in [0.05, 0.1) is 14.2 Å². The highest BCUT2D eigenvalue weighted by molar-refractivity contribution is 5.65. The van der Waals surface area contributed by atoms with Gasteiger partial charge in [-0.25, -0.2) is 4.98 Å². The van der Waals surface area contributed by atoms with Crippen molar-refractivity contribution in [2.45, 2.75) is 6.54 Å². The maximum Gasteiger partial charge on any atom is 0.212 e. The molecular weight excluding hydrogens is 240 g/mol. The molecule has 0 amide bonds. The molecule has 0 unspecified atom stereocenters. The van der Waals surface area contributed by atoms with E-state index in [2.05, 4.69) is 16.4 Å². The van der Waals surface area contributed by atoms with Gasteiger partial charge >= 0.3 is 0 Å². The van der Waals surface area contributed by atoms with Crippen molar-refractivity contribution in [3.63, 3.8) is 0 Å². The Bertz CT molecular complexity index is 538. The molecular formula is C15H18N2O2. The van der Waals surface area contributed by atoms with Gasteiger partial charge in [-0.3, -0.25) is 0 Å². The number of nitrogens with zero attached hydrogens (tertiary/aromatic N) is 1. The van der Waals surface area contributed by atoms with Crippen molar-refractivity contribution in [2.75, 3.05) is 21.3 Å². The predicted molar refractivity (Wildman–Crippen MR) is 75.5 cm³/mol. The zero-order chi connectivity index (χ0) is 13.7. The van der Waals surface area contributed by atoms with E-state index >= 15 is 0 Å². The van der Waals surface area contributed by atoms with Crippen LogP contribution in [0.25, 0.3) is 11.1 Å². The summed E-state index contributed by atoms with van der Waals surface area (Å²) in [5, 5.41) is 3.14. The number of aromatic nitrogens is 1. The van der Waals surface area contributed by atoms with Crippen LogP contribution >= 0.6 is 0 Å². The average Bonchev–Trinajstić information content (AvgIpc) is 2.47. The molecule has 2 aromatic rings. The SMILES string of the molecule is CNCc1cc(-c2ccc(OC)nc2)ccc1OC. The lowest BCUT2D eigenvalue weighted by Crippen LogP contribution is -2.06. The standard InChI is InChI=1S/C15H18N2O2/c1-16-9-13-8-11(4-6-14(13)18-2)12-5-7-15(19-3)17-10-12/h4-8,10,16H,9H2,1-3H3. The molecule has 0 radical (unpaired) electrons. The van der Waals surface area contributed by atoms with E-state index in [0.717, 1.165) is 29.0 Å². The Balaban J connectivity index is 2.35. The maximum absolute atomic E-state index is 5.35. The van der Waals surface area contributed by atoms with Crippen LogP contribution < -0.4 is 14.8 Å². The molecule has 0 spiro atoms. The monoisotopic (exact) mass is 258 g/mol. The number of methoxy groups -OCH3 is 2. The Labute approximate surface area is 113 Å². The van der Waals surface area contributed by atoms with Gasteiger partial charge in [-0.15, -0.1) is 0 Å². The normalized spacial score (nSPS) is 10.3. The molecule has 0 aliphatic carbocycles. The van der Waals surface area contributed by atoms with Crippen molar-refractivity contribution in [3.8, 4) is 22.8 Å². The first-order valence-corrected chi connectivity index (χ1v) is 6.10. The molecule has 4 nitrogen and oxygen atoms in total. The van der Waals surface area contributed by atoms with Gasteiger partial charge in [0.25, 0.3) is 0 Å². The van der Waals surface area contributed by atoms with Crippen LogP contribution in [0.2, 0.25) is 0 Å². The molecule has 0 fully saturated rings. The Morgan fingerprint density at radius 1 is 1.05 bits per heavy atom. The predicted octanol–water partition coefficient (Wildman–Crippen LogP) is 2.49. The molecule has 1 aromatic heterocycles. The molecule has 0 aliphatic heterocycles. The van der Waals surface area contributed by atoms with Crippen molar-refractivity contribution in [1.29, 1.82) is 0 Å². The van der Waals surface area contributed by atoms with Gasteiger partial charge < -0.3 is 14.8 Å². The lowest BCUT2D eigenvalue weighted by molar-refractivity contribution is 0.398. The van der Waals surface area contributed by atoms with Gasteiger partial charge in [-0.1, -0.05) is 6.07 Å². The summed E-state index contributed by atoms with van der Waals surface area (Å²) in [4.78, 5) is 4.22. The Hall–Kier alpha value is -2.07. The van der Waals surface area contributed by atoms with Gasteiger partial charge in [-0.05, 0) is 30.8 Å². The second-order valence-corrected chi connectivity index (χ2v) is 4.15. The highest BCUT2D eigenvalue weighted by Gasteiger charge is 2.06. The largest absolute Gasteiger partial charge is 0.496 e. The van der Waals surface area contributed by atoms with Gasteiger partial charge in [-0.2, -0.15) is 0 Å². The van der Waals surface area contributed by atoms with Crippen LogP contribution in [0.3, 0.4) is 0 Å². The first-order chi connectivity index (χ1) is 9.28. The Morgan fingerprint density at radius 3 is 2.42 bits per heavy atom. The third-order valence-corrected chi connectivity index (χ3v) is 2.93. The first kappa shape index (κ1) is 13.4. The van der Waals surface area contributed by atoms with E-state index in [-0.39, 0.29) is 0 Å². The van der Waals surface area contributed by atoms with Crippen LogP contribution in [0.15, 0.2) is 36.5 Å². The van der Waals surface area contributed by atoms with E-state index in [1.807, 2.05) is 37.5 Å². The summed E-state index contributed by atoms with van der Waals surface area (Å²) in [7, 11) is 5.21. The summed E-state index contributed by atoms with van der Waals surface area (Å²) in [6.45, 7) is 0.764. The number of ether oxygens (including phenoxy) is 2. The number of pyridine rings is 1. The Kier molecular flexibility index (Phi) is 4.36. The highest BCUT2D eigenvalue weighted by Crippen LogP contribution is 2.26. The number of rotatable bonds is 5. The van der Waals surface area contributed by atoms with Crippen molar-refractivity contribution in [3.05, 3.63) is 42.1 Å². The van der Waals surface area contributed by atoms with Crippen molar-refractivity contribution < 1.29 is 9.47 Å². The molecule has 100 valence electrons. The molecule has 0 aliphatic rings. The second kappa shape index (κ2) is 6.20. The lowest BCUT2D eigenvalue weighted by Gasteiger charge is -2.10. The van der Waals surface area contributed by atoms with E-state index < -0.39 is 0 Å². The molecule has 1 N–H and O–H groups in total. The average molecular weight is 258 g/mol. The topological polar surface area (TPSA) is 43.4 Å². The van der Waals surface area contributed by atoms with Gasteiger partial charge in [0.15, 0.2) is 0 Å². The van der Waals surface area contributed by atoms with Crippen LogP contribution in [0.1, 0.15) is 5.56 Å². The zero-order valence-electron chi connectivity index (χ0n) is 11.4. The van der Waals surface area contributed by atoms with Crippen LogP contribution in [-0.4, -0.2) is 26.3 Å². The second-order valence-electron chi connectivity index (χ2n) is 4.15. The summed E-state index contributed by atoms with van der Waals surface area (Å²) in [6.07, 6.45) is 1.81. The van der Waals surface area contributed by atoms with Gasteiger partial charge in [0.1, 0.15) is 5.75 Å². The third-order valence-electron chi connectivity index (χ3n) is 2.93. The van der Waals surface area contributed by atoms with Crippen molar-refractivity contribution in [2.24, 2.45) is 0 Å². The fourth-order valence-electron chi connectivity index (χ4n) is 1.96. The first-order valence-electron chi connectivity index (χ1n) is 6.10. The van der Waals surface area contributed by atoms with Gasteiger partial charge in [0.2, 0.25) is 5.88 Å². The Morgan fingerprint density at radius 2 is 1.84 bits per heavy atom. The summed E-state index contributed by atoms with van der Waals surface area (Å²) in [6, 6.07) is 9.97. The molecule has 0 saturated carbocycles. The van der Waals surface area contributed by atoms with E-state index in [1.54, 1.807) is 14.2 Å². The molecule has 4 heteroatoms. The number of hydrogen-bond acceptors (Lipinski definition) is 4. The minimum Gasteiger partial charge on any atom is -0.496 e. The smallest absolute Gasteiger partial charge is 0.212 e. The summed E-state index contributed by atoms with van der Waals surface area (Å²) in [5.74, 6) is 1.51. The number of nitrogens with one attached hydrogen (secondary N) is 1. The van der Waals surface area contributed by atoms with Crippen LogP contribution in [-0.2, 0) is 6.54 Å². The number of benzene rings is 1. The van der Waals surface area contributed by atoms with Crippen LogP contribution in [0, 0.1) is 0 Å². The lowest BCUT2D eigenvalue weighted by atomic mass is 10.0. The van der Waals surface area contributed by atoms with E-state index in [4.69, 9.17) is 9.47 Å². The fraction of sp³-hybridized carbons (Fsp3) is 0.267. The number of hydrogen-bond donors (Lipinski definition) is 1. The zero-order valence-corrected chi connectivity index (χ0v) is 11.4. The van der Waals surface area contributed by atoms with Gasteiger partial charge in [0, 0.05) is 29.9 Å². The minimum absolute atomic E-state index is 0.618. The maximum atomic E-state index is 5.35. The van der Waals surface area contributed by atoms with E-state index in [0.29, 0.717) is 5.88 Å². The van der Waals surface area contributed by atoms with E-state index in [1.165, 1.54) is 0 Å². The molecule has 0 bridgehead atoms. The minimum atomic E-state index is 0.618. The molecule has 19 heavy (non-hydrogen) atoms. The van der Waals surface area contributed by atoms with Crippen LogP contribution in [0.5, 0.6) is 11.6 Å². The third kappa shape index (κ3) is 3.03. The summed E-state index contributed by atoms with van der Waals surface area (Å²) >= 11 is 0. The summed E-state index contributed by atoms with van der Waals surface area (Å²) < 4.78 is 10.4. The fourth-order valence-corrected chi connectivity index (χ4v) is 1.96. The molecule has 1 heterocycles. The summed E-state index contributed by atoms with van der Waals surface area (Å²) in [5.41, 5.74) is 3.29. The molecule has 0 saturated heterocycles. The quantitative estimate of drug-likeness (QED) is 0.894. The molecule has 0 atom stereocenters.